The zero-order valence-electron chi connectivity index (χ0n) is 13.0. The SMILES string of the molecule is COc1ccc(CCC(=O)N[C@H]2CCCC2(C)C)cc1Br. The lowest BCUT2D eigenvalue weighted by molar-refractivity contribution is -0.122. The highest BCUT2D eigenvalue weighted by Gasteiger charge is 2.35. The molecule has 1 amide bonds. The number of rotatable bonds is 5. The zero-order chi connectivity index (χ0) is 15.5. The van der Waals surface area contributed by atoms with Crippen molar-refractivity contribution < 1.29 is 9.53 Å². The van der Waals surface area contributed by atoms with Gasteiger partial charge in [-0.25, -0.2) is 0 Å². The van der Waals surface area contributed by atoms with Crippen molar-refractivity contribution in [2.45, 2.75) is 52.0 Å². The molecule has 2 rings (SSSR count). The van der Waals surface area contributed by atoms with Gasteiger partial charge in [-0.15, -0.1) is 0 Å². The van der Waals surface area contributed by atoms with Crippen LogP contribution in [0, 0.1) is 5.41 Å². The van der Waals surface area contributed by atoms with E-state index in [1.807, 2.05) is 18.2 Å². The molecule has 0 unspecified atom stereocenters. The number of halogens is 1. The third-order valence-electron chi connectivity index (χ3n) is 4.45. The monoisotopic (exact) mass is 353 g/mol. The molecule has 0 saturated heterocycles. The topological polar surface area (TPSA) is 38.3 Å². The first-order valence-corrected chi connectivity index (χ1v) is 8.33. The molecule has 0 heterocycles. The van der Waals surface area contributed by atoms with Crippen molar-refractivity contribution in [3.63, 3.8) is 0 Å². The van der Waals surface area contributed by atoms with Crippen molar-refractivity contribution >= 4 is 21.8 Å². The van der Waals surface area contributed by atoms with E-state index in [0.29, 0.717) is 12.5 Å². The van der Waals surface area contributed by atoms with Gasteiger partial charge in [0.05, 0.1) is 11.6 Å². The Kier molecular flexibility index (Phi) is 5.31. The van der Waals surface area contributed by atoms with Crippen LogP contribution in [0.25, 0.3) is 0 Å². The Morgan fingerprint density at radius 1 is 1.48 bits per heavy atom. The number of carbonyl (C=O) groups excluding carboxylic acids is 1. The van der Waals surface area contributed by atoms with Gasteiger partial charge in [0.25, 0.3) is 0 Å². The summed E-state index contributed by atoms with van der Waals surface area (Å²) in [7, 11) is 1.65. The number of nitrogens with one attached hydrogen (secondary N) is 1. The molecule has 1 atom stereocenters. The summed E-state index contributed by atoms with van der Waals surface area (Å²) < 4.78 is 6.14. The summed E-state index contributed by atoms with van der Waals surface area (Å²) in [6, 6.07) is 6.28. The lowest BCUT2D eigenvalue weighted by Crippen LogP contribution is -2.41. The van der Waals surface area contributed by atoms with Crippen LogP contribution in [0.5, 0.6) is 5.75 Å². The van der Waals surface area contributed by atoms with Gasteiger partial charge in [-0.1, -0.05) is 26.3 Å². The molecule has 1 aromatic rings. The molecule has 21 heavy (non-hydrogen) atoms. The summed E-state index contributed by atoms with van der Waals surface area (Å²) in [6.45, 7) is 4.48. The molecule has 1 aliphatic carbocycles. The lowest BCUT2D eigenvalue weighted by Gasteiger charge is -2.27. The minimum Gasteiger partial charge on any atom is -0.496 e. The van der Waals surface area contributed by atoms with Gasteiger partial charge in [0.15, 0.2) is 0 Å². The van der Waals surface area contributed by atoms with E-state index < -0.39 is 0 Å². The number of ether oxygens (including phenoxy) is 1. The van der Waals surface area contributed by atoms with Crippen molar-refractivity contribution in [1.29, 1.82) is 0 Å². The number of hydrogen-bond acceptors (Lipinski definition) is 2. The maximum atomic E-state index is 12.1. The van der Waals surface area contributed by atoms with E-state index in [1.165, 1.54) is 12.8 Å². The summed E-state index contributed by atoms with van der Waals surface area (Å²) in [4.78, 5) is 12.1. The molecule has 3 nitrogen and oxygen atoms in total. The molecule has 0 radical (unpaired) electrons. The second kappa shape index (κ2) is 6.82. The largest absolute Gasteiger partial charge is 0.496 e. The molecular formula is C17H24BrNO2. The van der Waals surface area contributed by atoms with Gasteiger partial charge in [-0.3, -0.25) is 4.79 Å². The van der Waals surface area contributed by atoms with Crippen molar-refractivity contribution in [2.75, 3.05) is 7.11 Å². The summed E-state index contributed by atoms with van der Waals surface area (Å²) in [5, 5.41) is 3.20. The first-order valence-electron chi connectivity index (χ1n) is 7.54. The number of aryl methyl sites for hydroxylation is 1. The average molecular weight is 354 g/mol. The maximum Gasteiger partial charge on any atom is 0.220 e. The fourth-order valence-electron chi connectivity index (χ4n) is 2.98. The van der Waals surface area contributed by atoms with Crippen molar-refractivity contribution in [1.82, 2.24) is 5.32 Å². The number of methoxy groups -OCH3 is 1. The van der Waals surface area contributed by atoms with Crippen LogP contribution in [0.2, 0.25) is 0 Å². The van der Waals surface area contributed by atoms with Gasteiger partial charge < -0.3 is 10.1 Å². The van der Waals surface area contributed by atoms with Gasteiger partial charge in [0.1, 0.15) is 5.75 Å². The van der Waals surface area contributed by atoms with Crippen LogP contribution in [0.3, 0.4) is 0 Å². The molecule has 1 aliphatic rings. The van der Waals surface area contributed by atoms with E-state index in [9.17, 15) is 4.79 Å². The van der Waals surface area contributed by atoms with E-state index in [4.69, 9.17) is 4.74 Å². The van der Waals surface area contributed by atoms with Crippen LogP contribution in [0.4, 0.5) is 0 Å². The van der Waals surface area contributed by atoms with E-state index >= 15 is 0 Å². The Morgan fingerprint density at radius 2 is 2.24 bits per heavy atom. The van der Waals surface area contributed by atoms with E-state index in [-0.39, 0.29) is 11.3 Å². The highest BCUT2D eigenvalue weighted by molar-refractivity contribution is 9.10. The van der Waals surface area contributed by atoms with Gasteiger partial charge in [0, 0.05) is 12.5 Å². The number of benzene rings is 1. The van der Waals surface area contributed by atoms with Crippen LogP contribution in [-0.2, 0) is 11.2 Å². The molecule has 0 spiro atoms. The van der Waals surface area contributed by atoms with Crippen molar-refractivity contribution in [3.05, 3.63) is 28.2 Å². The molecule has 0 bridgehead atoms. The zero-order valence-corrected chi connectivity index (χ0v) is 14.6. The van der Waals surface area contributed by atoms with E-state index in [2.05, 4.69) is 35.1 Å². The first kappa shape index (κ1) is 16.3. The fourth-order valence-corrected chi connectivity index (χ4v) is 3.57. The molecule has 0 aromatic heterocycles. The first-order chi connectivity index (χ1) is 9.92. The smallest absolute Gasteiger partial charge is 0.220 e. The molecule has 0 aliphatic heterocycles. The van der Waals surface area contributed by atoms with E-state index in [0.717, 1.165) is 28.6 Å². The van der Waals surface area contributed by atoms with Crippen molar-refractivity contribution in [2.24, 2.45) is 5.41 Å². The van der Waals surface area contributed by atoms with Crippen molar-refractivity contribution in [3.8, 4) is 5.75 Å². The van der Waals surface area contributed by atoms with Gasteiger partial charge >= 0.3 is 0 Å². The number of hydrogen-bond donors (Lipinski definition) is 1. The standard InChI is InChI=1S/C17H24BrNO2/c1-17(2)10-4-5-15(17)19-16(20)9-7-12-6-8-14(21-3)13(18)11-12/h6,8,11,15H,4-5,7,9-10H2,1-3H3,(H,19,20)/t15-/m0/s1. The molecule has 116 valence electrons. The maximum absolute atomic E-state index is 12.1. The number of amides is 1. The molecular weight excluding hydrogens is 330 g/mol. The van der Waals surface area contributed by atoms with Crippen LogP contribution >= 0.6 is 15.9 Å². The minimum absolute atomic E-state index is 0.155. The second-order valence-electron chi connectivity index (χ2n) is 6.47. The third kappa shape index (κ3) is 4.22. The Hall–Kier alpha value is -1.03. The van der Waals surface area contributed by atoms with Crippen LogP contribution < -0.4 is 10.1 Å². The quantitative estimate of drug-likeness (QED) is 0.865. The highest BCUT2D eigenvalue weighted by Crippen LogP contribution is 2.37. The predicted molar refractivity (Wildman–Crippen MR) is 88.6 cm³/mol. The van der Waals surface area contributed by atoms with Crippen LogP contribution in [0.1, 0.15) is 45.1 Å². The number of carbonyl (C=O) groups is 1. The Balaban J connectivity index is 1.85. The lowest BCUT2D eigenvalue weighted by atomic mass is 9.87. The van der Waals surface area contributed by atoms with Gasteiger partial charge in [0.2, 0.25) is 5.91 Å². The van der Waals surface area contributed by atoms with Gasteiger partial charge in [-0.2, -0.15) is 0 Å². The highest BCUT2D eigenvalue weighted by atomic mass is 79.9. The van der Waals surface area contributed by atoms with Crippen LogP contribution in [0.15, 0.2) is 22.7 Å². The Morgan fingerprint density at radius 3 is 2.81 bits per heavy atom. The summed E-state index contributed by atoms with van der Waals surface area (Å²) in [5.41, 5.74) is 1.38. The molecule has 4 heteroatoms. The third-order valence-corrected chi connectivity index (χ3v) is 5.07. The molecule has 1 aromatic carbocycles. The molecule has 1 saturated carbocycles. The minimum atomic E-state index is 0.155. The summed E-state index contributed by atoms with van der Waals surface area (Å²) >= 11 is 3.47. The van der Waals surface area contributed by atoms with Crippen LogP contribution in [-0.4, -0.2) is 19.1 Å². The predicted octanol–water partition coefficient (Wildman–Crippen LogP) is 4.09. The Bertz CT molecular complexity index is 514. The fraction of sp³-hybridized carbons (Fsp3) is 0.588. The second-order valence-corrected chi connectivity index (χ2v) is 7.32. The summed E-state index contributed by atoms with van der Waals surface area (Å²) in [5.74, 6) is 0.970. The average Bonchev–Trinajstić information content (AvgIpc) is 2.76. The molecule has 1 fully saturated rings. The molecule has 1 N–H and O–H groups in total. The van der Waals surface area contributed by atoms with Gasteiger partial charge in [-0.05, 0) is 58.3 Å². The normalized spacial score (nSPS) is 20.3. The summed E-state index contributed by atoms with van der Waals surface area (Å²) in [6.07, 6.45) is 4.80. The van der Waals surface area contributed by atoms with E-state index in [1.54, 1.807) is 7.11 Å². The Labute approximate surface area is 135 Å².